The molecule has 1 fully saturated rings. The van der Waals surface area contributed by atoms with Crippen LogP contribution in [0.4, 0.5) is 0 Å². The molecular weight excluding hydrogens is 120 g/mol. The molecule has 0 radical (unpaired) electrons. The monoisotopic (exact) mass is 134 g/mol. The fourth-order valence-corrected chi connectivity index (χ4v) is 2.42. The van der Waals surface area contributed by atoms with Gasteiger partial charge in [0.2, 0.25) is 0 Å². The van der Waals surface area contributed by atoms with Crippen molar-refractivity contribution in [3.8, 4) is 0 Å². The fraction of sp³-hybridized carbons (Fsp3) is 0.600. The first-order valence-electron chi connectivity index (χ1n) is 4.21. The molecule has 2 aliphatic rings. The zero-order valence-corrected chi connectivity index (χ0v) is 6.29. The number of hydrogen-bond donors (Lipinski definition) is 0. The highest BCUT2D eigenvalue weighted by Crippen LogP contribution is 2.44. The van der Waals surface area contributed by atoms with Gasteiger partial charge in [-0.3, -0.25) is 0 Å². The maximum atomic E-state index is 3.88. The summed E-state index contributed by atoms with van der Waals surface area (Å²) in [6.45, 7) is 3.88. The Morgan fingerprint density at radius 3 is 3.10 bits per heavy atom. The third-order valence-corrected chi connectivity index (χ3v) is 3.03. The summed E-state index contributed by atoms with van der Waals surface area (Å²) >= 11 is 0. The van der Waals surface area contributed by atoms with Crippen LogP contribution in [0.3, 0.4) is 0 Å². The summed E-state index contributed by atoms with van der Waals surface area (Å²) in [5.41, 5.74) is 0. The average Bonchev–Trinajstić information content (AvgIpc) is 2.44. The first-order valence-corrected chi connectivity index (χ1v) is 4.21. The number of allylic oxidation sites excluding steroid dienone is 3. The molecule has 0 saturated heterocycles. The minimum atomic E-state index is 0.819. The lowest BCUT2D eigenvalue weighted by Crippen LogP contribution is -2.06. The van der Waals surface area contributed by atoms with E-state index in [9.17, 15) is 0 Å². The highest BCUT2D eigenvalue weighted by Gasteiger charge is 2.34. The van der Waals surface area contributed by atoms with Crippen LogP contribution in [0.2, 0.25) is 0 Å². The second-order valence-electron chi connectivity index (χ2n) is 3.47. The van der Waals surface area contributed by atoms with E-state index in [1.165, 1.54) is 19.3 Å². The molecule has 3 unspecified atom stereocenters. The maximum Gasteiger partial charge on any atom is -0.0196 e. The Bertz CT molecular complexity index is 167. The Morgan fingerprint density at radius 2 is 2.30 bits per heavy atom. The largest absolute Gasteiger partial charge is 0.103 e. The molecule has 0 aromatic rings. The molecule has 0 nitrogen and oxygen atoms in total. The van der Waals surface area contributed by atoms with Gasteiger partial charge in [-0.25, -0.2) is 0 Å². The van der Waals surface area contributed by atoms with Crippen molar-refractivity contribution in [3.05, 3.63) is 24.8 Å². The average molecular weight is 134 g/mol. The lowest BCUT2D eigenvalue weighted by atomic mass is 9.92. The van der Waals surface area contributed by atoms with Gasteiger partial charge in [0.25, 0.3) is 0 Å². The van der Waals surface area contributed by atoms with E-state index in [1.807, 2.05) is 0 Å². The minimum Gasteiger partial charge on any atom is -0.103 e. The molecule has 2 aliphatic carbocycles. The van der Waals surface area contributed by atoms with Crippen LogP contribution in [0.5, 0.6) is 0 Å². The lowest BCUT2D eigenvalue weighted by Gasteiger charge is -2.13. The Balaban J connectivity index is 2.12. The van der Waals surface area contributed by atoms with E-state index in [1.54, 1.807) is 0 Å². The zero-order chi connectivity index (χ0) is 6.97. The molecule has 0 spiro atoms. The van der Waals surface area contributed by atoms with Crippen molar-refractivity contribution in [1.82, 2.24) is 0 Å². The molecular formula is C10H14. The van der Waals surface area contributed by atoms with Gasteiger partial charge in [0.1, 0.15) is 0 Å². The Kier molecular flexibility index (Phi) is 1.40. The molecule has 0 aromatic carbocycles. The summed E-state index contributed by atoms with van der Waals surface area (Å²) in [6, 6.07) is 0. The van der Waals surface area contributed by atoms with Crippen molar-refractivity contribution in [2.75, 3.05) is 0 Å². The molecule has 10 heavy (non-hydrogen) atoms. The predicted octanol–water partition coefficient (Wildman–Crippen LogP) is 2.77. The zero-order valence-electron chi connectivity index (χ0n) is 6.29. The van der Waals surface area contributed by atoms with Crippen LogP contribution in [0.25, 0.3) is 0 Å². The molecule has 0 N–H and O–H groups in total. The van der Waals surface area contributed by atoms with E-state index in [2.05, 4.69) is 24.8 Å². The molecule has 0 amide bonds. The highest BCUT2D eigenvalue weighted by molar-refractivity contribution is 5.09. The third-order valence-electron chi connectivity index (χ3n) is 3.03. The summed E-state index contributed by atoms with van der Waals surface area (Å²) in [5.74, 6) is 2.65. The summed E-state index contributed by atoms with van der Waals surface area (Å²) in [7, 11) is 0. The van der Waals surface area contributed by atoms with Crippen LogP contribution in [0.1, 0.15) is 19.3 Å². The van der Waals surface area contributed by atoms with Gasteiger partial charge in [0.05, 0.1) is 0 Å². The summed E-state index contributed by atoms with van der Waals surface area (Å²) in [4.78, 5) is 0. The maximum absolute atomic E-state index is 3.88. The number of hydrogen-bond acceptors (Lipinski definition) is 0. The molecule has 0 heterocycles. The van der Waals surface area contributed by atoms with Gasteiger partial charge in [-0.2, -0.15) is 0 Å². The smallest absolute Gasteiger partial charge is 0.0196 e. The Morgan fingerprint density at radius 1 is 1.40 bits per heavy atom. The van der Waals surface area contributed by atoms with Gasteiger partial charge >= 0.3 is 0 Å². The van der Waals surface area contributed by atoms with Crippen molar-refractivity contribution in [3.63, 3.8) is 0 Å². The van der Waals surface area contributed by atoms with E-state index < -0.39 is 0 Å². The summed E-state index contributed by atoms with van der Waals surface area (Å²) in [6.07, 6.45) is 11.0. The Labute approximate surface area is 62.6 Å². The molecule has 0 aromatic heterocycles. The predicted molar refractivity (Wildman–Crippen MR) is 43.7 cm³/mol. The van der Waals surface area contributed by atoms with Gasteiger partial charge in [0.15, 0.2) is 0 Å². The number of fused-ring (bicyclic) bond motifs is 1. The summed E-state index contributed by atoms with van der Waals surface area (Å²) < 4.78 is 0. The van der Waals surface area contributed by atoms with E-state index in [-0.39, 0.29) is 0 Å². The van der Waals surface area contributed by atoms with Gasteiger partial charge < -0.3 is 0 Å². The van der Waals surface area contributed by atoms with Crippen molar-refractivity contribution < 1.29 is 0 Å². The van der Waals surface area contributed by atoms with E-state index in [0.717, 1.165) is 17.8 Å². The van der Waals surface area contributed by atoms with Crippen molar-refractivity contribution in [1.29, 1.82) is 0 Å². The van der Waals surface area contributed by atoms with Crippen molar-refractivity contribution in [2.45, 2.75) is 19.3 Å². The summed E-state index contributed by atoms with van der Waals surface area (Å²) in [5, 5.41) is 0. The second kappa shape index (κ2) is 2.26. The van der Waals surface area contributed by atoms with Crippen LogP contribution in [0, 0.1) is 17.8 Å². The fourth-order valence-electron chi connectivity index (χ4n) is 2.42. The van der Waals surface area contributed by atoms with Gasteiger partial charge in [-0.1, -0.05) is 18.2 Å². The van der Waals surface area contributed by atoms with E-state index >= 15 is 0 Å². The molecule has 2 rings (SSSR count). The normalized spacial score (nSPS) is 43.8. The molecule has 3 atom stereocenters. The van der Waals surface area contributed by atoms with Gasteiger partial charge in [0, 0.05) is 0 Å². The molecule has 1 saturated carbocycles. The van der Waals surface area contributed by atoms with Crippen LogP contribution in [0.15, 0.2) is 24.8 Å². The van der Waals surface area contributed by atoms with Gasteiger partial charge in [-0.15, -0.1) is 6.58 Å². The van der Waals surface area contributed by atoms with Crippen molar-refractivity contribution in [2.24, 2.45) is 17.8 Å². The first-order chi connectivity index (χ1) is 4.92. The van der Waals surface area contributed by atoms with Crippen LogP contribution in [-0.4, -0.2) is 0 Å². The number of rotatable bonds is 1. The molecule has 0 heteroatoms. The van der Waals surface area contributed by atoms with E-state index in [4.69, 9.17) is 0 Å². The minimum absolute atomic E-state index is 0.819. The highest BCUT2D eigenvalue weighted by atomic mass is 14.4. The van der Waals surface area contributed by atoms with Crippen LogP contribution >= 0.6 is 0 Å². The van der Waals surface area contributed by atoms with Gasteiger partial charge in [-0.05, 0) is 37.0 Å². The third kappa shape index (κ3) is 0.749. The SMILES string of the molecule is C=CC1CCC2C=CCC12. The first kappa shape index (κ1) is 6.21. The molecule has 0 bridgehead atoms. The van der Waals surface area contributed by atoms with E-state index in [0.29, 0.717) is 0 Å². The lowest BCUT2D eigenvalue weighted by molar-refractivity contribution is 0.428. The Hall–Kier alpha value is -0.520. The van der Waals surface area contributed by atoms with Crippen LogP contribution in [-0.2, 0) is 0 Å². The quantitative estimate of drug-likeness (QED) is 0.484. The molecule has 54 valence electrons. The molecule has 0 aliphatic heterocycles. The van der Waals surface area contributed by atoms with Crippen molar-refractivity contribution >= 4 is 0 Å². The standard InChI is InChI=1S/C10H14/c1-2-8-6-7-9-4-3-5-10(8)9/h2-4,8-10H,1,5-7H2. The van der Waals surface area contributed by atoms with Crippen LogP contribution < -0.4 is 0 Å². The second-order valence-corrected chi connectivity index (χ2v) is 3.47. The topological polar surface area (TPSA) is 0 Å².